The number of nitrogens with one attached hydrogen (secondary N) is 1. The summed E-state index contributed by atoms with van der Waals surface area (Å²) < 4.78 is 0. The maximum absolute atomic E-state index is 12.2. The number of benzene rings is 1. The summed E-state index contributed by atoms with van der Waals surface area (Å²) in [5.41, 5.74) is 0.789. The second-order valence-electron chi connectivity index (χ2n) is 4.33. The molecule has 1 saturated heterocycles. The van der Waals surface area contributed by atoms with Crippen molar-refractivity contribution in [1.82, 2.24) is 10.2 Å². The monoisotopic (exact) mass is 286 g/mol. The van der Waals surface area contributed by atoms with Gasteiger partial charge in [-0.25, -0.2) is 0 Å². The van der Waals surface area contributed by atoms with Gasteiger partial charge in [-0.2, -0.15) is 0 Å². The van der Waals surface area contributed by atoms with E-state index in [1.54, 1.807) is 11.8 Å². The molecule has 1 heterocycles. The van der Waals surface area contributed by atoms with E-state index in [0.717, 1.165) is 25.2 Å². The van der Waals surface area contributed by atoms with Crippen LogP contribution in [0.5, 0.6) is 0 Å². The van der Waals surface area contributed by atoms with Crippen LogP contribution < -0.4 is 5.32 Å². The zero-order valence-corrected chi connectivity index (χ0v) is 12.3. The van der Waals surface area contributed by atoms with E-state index in [4.69, 9.17) is 0 Å². The van der Waals surface area contributed by atoms with Crippen LogP contribution in [-0.4, -0.2) is 42.7 Å². The lowest BCUT2D eigenvalue weighted by Gasteiger charge is -2.32. The third kappa shape index (κ3) is 3.64. The van der Waals surface area contributed by atoms with Crippen LogP contribution in [0.3, 0.4) is 0 Å². The lowest BCUT2D eigenvalue weighted by atomic mass is 10.1. The van der Waals surface area contributed by atoms with Crippen molar-refractivity contribution in [2.45, 2.75) is 17.9 Å². The predicted octanol–water partition coefficient (Wildman–Crippen LogP) is 2.26. The number of rotatable bonds is 2. The van der Waals surface area contributed by atoms with Crippen LogP contribution in [0, 0.1) is 0 Å². The first-order valence-corrected chi connectivity index (χ1v) is 7.10. The first kappa shape index (κ1) is 15.3. The molecule has 1 aliphatic heterocycles. The molecule has 0 saturated carbocycles. The van der Waals surface area contributed by atoms with Crippen LogP contribution >= 0.6 is 24.2 Å². The highest BCUT2D eigenvalue weighted by atomic mass is 35.5. The van der Waals surface area contributed by atoms with E-state index in [1.165, 1.54) is 4.90 Å². The highest BCUT2D eigenvalue weighted by molar-refractivity contribution is 7.98. The van der Waals surface area contributed by atoms with Crippen LogP contribution in [0.15, 0.2) is 29.2 Å². The Balaban J connectivity index is 0.00000162. The van der Waals surface area contributed by atoms with E-state index in [2.05, 4.69) is 12.2 Å². The van der Waals surface area contributed by atoms with Gasteiger partial charge >= 0.3 is 0 Å². The number of amides is 1. The van der Waals surface area contributed by atoms with Crippen molar-refractivity contribution < 1.29 is 4.79 Å². The van der Waals surface area contributed by atoms with E-state index in [9.17, 15) is 4.79 Å². The fourth-order valence-electron chi connectivity index (χ4n) is 2.03. The molecule has 1 N–H and O–H groups in total. The number of thioether (sulfide) groups is 1. The van der Waals surface area contributed by atoms with Crippen molar-refractivity contribution in [1.29, 1.82) is 0 Å². The smallest absolute Gasteiger partial charge is 0.253 e. The van der Waals surface area contributed by atoms with Gasteiger partial charge in [-0.3, -0.25) is 4.79 Å². The minimum absolute atomic E-state index is 0. The molecule has 100 valence electrons. The molecule has 0 bridgehead atoms. The highest BCUT2D eigenvalue weighted by Gasteiger charge is 2.21. The number of hydrogen-bond acceptors (Lipinski definition) is 3. The molecule has 0 spiro atoms. The van der Waals surface area contributed by atoms with Gasteiger partial charge < -0.3 is 10.2 Å². The Hall–Kier alpha value is -0.710. The standard InChI is InChI=1S/C13H18N2OS.ClH/c1-10-9-15(8-7-14-10)13(16)11-3-5-12(17-2)6-4-11;/h3-6,10,14H,7-9H2,1-2H3;1H. The molecular formula is C13H19ClN2OS. The number of nitrogens with zero attached hydrogens (tertiary/aromatic N) is 1. The molecule has 1 aliphatic rings. The summed E-state index contributed by atoms with van der Waals surface area (Å²) in [5.74, 6) is 0.144. The first-order chi connectivity index (χ1) is 8.20. The topological polar surface area (TPSA) is 32.3 Å². The van der Waals surface area contributed by atoms with Crippen LogP contribution in [0.2, 0.25) is 0 Å². The molecule has 1 amide bonds. The SMILES string of the molecule is CSc1ccc(C(=O)N2CCNC(C)C2)cc1.Cl. The second kappa shape index (κ2) is 7.02. The fourth-order valence-corrected chi connectivity index (χ4v) is 2.44. The predicted molar refractivity (Wildman–Crippen MR) is 78.8 cm³/mol. The van der Waals surface area contributed by atoms with E-state index >= 15 is 0 Å². The van der Waals surface area contributed by atoms with Crippen molar-refractivity contribution in [2.24, 2.45) is 0 Å². The average molecular weight is 287 g/mol. The first-order valence-electron chi connectivity index (χ1n) is 5.87. The van der Waals surface area contributed by atoms with Gasteiger partial charge in [0, 0.05) is 36.1 Å². The minimum Gasteiger partial charge on any atom is -0.336 e. The Morgan fingerprint density at radius 3 is 2.61 bits per heavy atom. The summed E-state index contributed by atoms with van der Waals surface area (Å²) in [7, 11) is 0. The van der Waals surface area contributed by atoms with Crippen LogP contribution in [0.25, 0.3) is 0 Å². The maximum atomic E-state index is 12.2. The lowest BCUT2D eigenvalue weighted by molar-refractivity contribution is 0.0709. The molecule has 1 aromatic rings. The quantitative estimate of drug-likeness (QED) is 0.847. The Kier molecular flexibility index (Phi) is 5.99. The minimum atomic E-state index is 0. The molecule has 2 rings (SSSR count). The summed E-state index contributed by atoms with van der Waals surface area (Å²) in [6.45, 7) is 4.59. The second-order valence-corrected chi connectivity index (χ2v) is 5.21. The summed E-state index contributed by atoms with van der Waals surface area (Å²) >= 11 is 1.69. The normalized spacial score (nSPS) is 19.2. The van der Waals surface area contributed by atoms with Crippen molar-refractivity contribution >= 4 is 30.1 Å². The lowest BCUT2D eigenvalue weighted by Crippen LogP contribution is -2.51. The zero-order valence-electron chi connectivity index (χ0n) is 10.7. The highest BCUT2D eigenvalue weighted by Crippen LogP contribution is 2.16. The zero-order chi connectivity index (χ0) is 12.3. The van der Waals surface area contributed by atoms with E-state index in [0.29, 0.717) is 6.04 Å². The molecule has 1 unspecified atom stereocenters. The molecule has 0 radical (unpaired) electrons. The largest absolute Gasteiger partial charge is 0.336 e. The number of halogens is 1. The number of carbonyl (C=O) groups is 1. The molecule has 1 aromatic carbocycles. The van der Waals surface area contributed by atoms with Gasteiger partial charge in [-0.1, -0.05) is 0 Å². The van der Waals surface area contributed by atoms with Gasteiger partial charge in [0.2, 0.25) is 0 Å². The Morgan fingerprint density at radius 2 is 2.06 bits per heavy atom. The van der Waals surface area contributed by atoms with Gasteiger partial charge in [-0.15, -0.1) is 24.2 Å². The van der Waals surface area contributed by atoms with Gasteiger partial charge in [0.1, 0.15) is 0 Å². The number of hydrogen-bond donors (Lipinski definition) is 1. The van der Waals surface area contributed by atoms with Crippen molar-refractivity contribution in [3.05, 3.63) is 29.8 Å². The third-order valence-corrected chi connectivity index (χ3v) is 3.74. The number of carbonyl (C=O) groups excluding carboxylic acids is 1. The van der Waals surface area contributed by atoms with Gasteiger partial charge in [-0.05, 0) is 37.4 Å². The van der Waals surface area contributed by atoms with Gasteiger partial charge in [0.05, 0.1) is 0 Å². The molecule has 3 nitrogen and oxygen atoms in total. The Bertz CT molecular complexity index is 396. The summed E-state index contributed by atoms with van der Waals surface area (Å²) in [5, 5.41) is 3.34. The van der Waals surface area contributed by atoms with Crippen molar-refractivity contribution in [3.63, 3.8) is 0 Å². The summed E-state index contributed by atoms with van der Waals surface area (Å²) in [6.07, 6.45) is 2.04. The Labute approximate surface area is 119 Å². The van der Waals surface area contributed by atoms with Crippen LogP contribution in [0.4, 0.5) is 0 Å². The molecule has 0 aromatic heterocycles. The van der Waals surface area contributed by atoms with Crippen molar-refractivity contribution in [3.8, 4) is 0 Å². The number of piperazine rings is 1. The Morgan fingerprint density at radius 1 is 1.39 bits per heavy atom. The average Bonchev–Trinajstić information content (AvgIpc) is 2.38. The molecular weight excluding hydrogens is 268 g/mol. The van der Waals surface area contributed by atoms with E-state index < -0.39 is 0 Å². The molecule has 5 heteroatoms. The maximum Gasteiger partial charge on any atom is 0.253 e. The van der Waals surface area contributed by atoms with E-state index in [-0.39, 0.29) is 18.3 Å². The summed E-state index contributed by atoms with van der Waals surface area (Å²) in [4.78, 5) is 15.4. The third-order valence-electron chi connectivity index (χ3n) is 2.99. The molecule has 18 heavy (non-hydrogen) atoms. The molecule has 1 atom stereocenters. The fraction of sp³-hybridized carbons (Fsp3) is 0.462. The van der Waals surface area contributed by atoms with Crippen LogP contribution in [-0.2, 0) is 0 Å². The molecule has 1 fully saturated rings. The van der Waals surface area contributed by atoms with Gasteiger partial charge in [0.25, 0.3) is 5.91 Å². The molecule has 0 aliphatic carbocycles. The summed E-state index contributed by atoms with van der Waals surface area (Å²) in [6, 6.07) is 8.23. The van der Waals surface area contributed by atoms with E-state index in [1.807, 2.05) is 35.4 Å². The van der Waals surface area contributed by atoms with Crippen LogP contribution in [0.1, 0.15) is 17.3 Å². The van der Waals surface area contributed by atoms with Gasteiger partial charge in [0.15, 0.2) is 0 Å². The van der Waals surface area contributed by atoms with Crippen molar-refractivity contribution in [2.75, 3.05) is 25.9 Å².